The highest BCUT2D eigenvalue weighted by Crippen LogP contribution is 2.34. The third-order valence-corrected chi connectivity index (χ3v) is 5.39. The topological polar surface area (TPSA) is 69.3 Å². The number of nitrogens with one attached hydrogen (secondary N) is 1. The van der Waals surface area contributed by atoms with E-state index in [9.17, 15) is 4.79 Å². The number of ether oxygens (including phenoxy) is 4. The largest absolute Gasteiger partial charge is 0.454 e. The number of rotatable bonds is 5. The molecule has 0 saturated carbocycles. The summed E-state index contributed by atoms with van der Waals surface area (Å²) in [5.41, 5.74) is 2.12. The molecule has 0 aliphatic carbocycles. The monoisotopic (exact) mass is 382 g/mol. The van der Waals surface area contributed by atoms with Crippen LogP contribution in [0.2, 0.25) is 0 Å². The summed E-state index contributed by atoms with van der Waals surface area (Å²) in [6, 6.07) is 11.6. The van der Waals surface area contributed by atoms with E-state index in [1.54, 1.807) is 0 Å². The maximum atomic E-state index is 12.8. The Morgan fingerprint density at radius 3 is 2.32 bits per heavy atom. The Balaban J connectivity index is 1.20. The van der Waals surface area contributed by atoms with Crippen LogP contribution in [-0.4, -0.2) is 37.0 Å². The van der Waals surface area contributed by atoms with Crippen LogP contribution < -0.4 is 24.3 Å². The van der Waals surface area contributed by atoms with Gasteiger partial charge in [-0.1, -0.05) is 12.1 Å². The predicted octanol–water partition coefficient (Wildman–Crippen LogP) is 2.42. The molecule has 0 aromatic heterocycles. The molecule has 5 rings (SSSR count). The molecule has 2 aromatic rings. The molecular weight excluding hydrogens is 360 g/mol. The predicted molar refractivity (Wildman–Crippen MR) is 100 cm³/mol. The van der Waals surface area contributed by atoms with Crippen LogP contribution in [-0.2, 0) is 17.9 Å². The summed E-state index contributed by atoms with van der Waals surface area (Å²) in [6.45, 7) is 2.63. The van der Waals surface area contributed by atoms with Gasteiger partial charge in [0, 0.05) is 13.1 Å². The van der Waals surface area contributed by atoms with Gasteiger partial charge in [0.05, 0.1) is 6.04 Å². The van der Waals surface area contributed by atoms with Crippen LogP contribution in [0.1, 0.15) is 24.0 Å². The van der Waals surface area contributed by atoms with Crippen molar-refractivity contribution in [3.8, 4) is 23.0 Å². The molecule has 0 radical (unpaired) electrons. The normalized spacial score (nSPS) is 19.8. The summed E-state index contributed by atoms with van der Waals surface area (Å²) >= 11 is 0. The third kappa shape index (κ3) is 3.33. The Kier molecular flexibility index (Phi) is 4.44. The minimum atomic E-state index is -0.112. The molecule has 0 spiro atoms. The molecular formula is C21H22N2O5. The second kappa shape index (κ2) is 7.24. The molecule has 1 amide bonds. The van der Waals surface area contributed by atoms with E-state index in [1.807, 2.05) is 36.4 Å². The first-order chi connectivity index (χ1) is 13.8. The van der Waals surface area contributed by atoms with Crippen molar-refractivity contribution in [2.24, 2.45) is 0 Å². The van der Waals surface area contributed by atoms with Crippen LogP contribution in [0.3, 0.4) is 0 Å². The number of nitrogens with zero attached hydrogens (tertiary/aromatic N) is 1. The van der Waals surface area contributed by atoms with Crippen molar-refractivity contribution >= 4 is 5.91 Å². The van der Waals surface area contributed by atoms with E-state index >= 15 is 0 Å². The molecule has 2 aromatic carbocycles. The molecule has 1 atom stereocenters. The fraction of sp³-hybridized carbons (Fsp3) is 0.381. The van der Waals surface area contributed by atoms with Gasteiger partial charge in [0.2, 0.25) is 19.5 Å². The Morgan fingerprint density at radius 2 is 1.57 bits per heavy atom. The highest BCUT2D eigenvalue weighted by molar-refractivity contribution is 5.82. The summed E-state index contributed by atoms with van der Waals surface area (Å²) in [7, 11) is 0. The van der Waals surface area contributed by atoms with E-state index in [0.717, 1.165) is 60.1 Å². The molecule has 3 aliphatic rings. The van der Waals surface area contributed by atoms with Gasteiger partial charge in [-0.3, -0.25) is 9.69 Å². The van der Waals surface area contributed by atoms with Crippen LogP contribution in [0.5, 0.6) is 23.0 Å². The molecule has 0 bridgehead atoms. The molecule has 1 saturated heterocycles. The van der Waals surface area contributed by atoms with Gasteiger partial charge in [-0.15, -0.1) is 0 Å². The first kappa shape index (κ1) is 17.2. The lowest BCUT2D eigenvalue weighted by Gasteiger charge is -2.24. The van der Waals surface area contributed by atoms with Crippen molar-refractivity contribution in [1.82, 2.24) is 10.2 Å². The zero-order chi connectivity index (χ0) is 18.9. The smallest absolute Gasteiger partial charge is 0.237 e. The zero-order valence-corrected chi connectivity index (χ0v) is 15.5. The number of likely N-dealkylation sites (tertiary alicyclic amines) is 1. The van der Waals surface area contributed by atoms with Gasteiger partial charge in [-0.05, 0) is 54.8 Å². The fourth-order valence-electron chi connectivity index (χ4n) is 3.94. The van der Waals surface area contributed by atoms with Crippen LogP contribution in [0.4, 0.5) is 0 Å². The second-order valence-corrected chi connectivity index (χ2v) is 7.22. The number of amides is 1. The van der Waals surface area contributed by atoms with Crippen LogP contribution >= 0.6 is 0 Å². The zero-order valence-electron chi connectivity index (χ0n) is 15.5. The Labute approximate surface area is 163 Å². The van der Waals surface area contributed by atoms with E-state index in [-0.39, 0.29) is 25.5 Å². The highest BCUT2D eigenvalue weighted by atomic mass is 16.7. The average Bonchev–Trinajstić information content (AvgIpc) is 3.45. The first-order valence-corrected chi connectivity index (χ1v) is 9.55. The van der Waals surface area contributed by atoms with Crippen molar-refractivity contribution in [2.45, 2.75) is 32.0 Å². The van der Waals surface area contributed by atoms with Crippen LogP contribution in [0.25, 0.3) is 0 Å². The quantitative estimate of drug-likeness (QED) is 0.857. The average molecular weight is 382 g/mol. The minimum absolute atomic E-state index is 0.0657. The SMILES string of the molecule is O=C(NCc1ccc2c(c1)OCO2)C1CCCN1Cc1ccc2c(c1)OCO2. The van der Waals surface area contributed by atoms with Gasteiger partial charge in [-0.2, -0.15) is 0 Å². The lowest BCUT2D eigenvalue weighted by atomic mass is 10.1. The number of hydrogen-bond acceptors (Lipinski definition) is 6. The highest BCUT2D eigenvalue weighted by Gasteiger charge is 2.30. The van der Waals surface area contributed by atoms with Gasteiger partial charge >= 0.3 is 0 Å². The standard InChI is InChI=1S/C21H22N2O5/c24-21(22-10-14-3-5-17-19(8-14)27-12-25-17)16-2-1-7-23(16)11-15-4-6-18-20(9-15)28-13-26-18/h3-6,8-9,16H,1-2,7,10-13H2,(H,22,24). The van der Waals surface area contributed by atoms with Crippen LogP contribution in [0.15, 0.2) is 36.4 Å². The fourth-order valence-corrected chi connectivity index (χ4v) is 3.94. The number of hydrogen-bond donors (Lipinski definition) is 1. The van der Waals surface area contributed by atoms with Crippen molar-refractivity contribution < 1.29 is 23.7 Å². The summed E-state index contributed by atoms with van der Waals surface area (Å²) in [4.78, 5) is 15.0. The summed E-state index contributed by atoms with van der Waals surface area (Å²) in [5.74, 6) is 3.11. The molecule has 7 heteroatoms. The molecule has 28 heavy (non-hydrogen) atoms. The lowest BCUT2D eigenvalue weighted by Crippen LogP contribution is -2.42. The number of carbonyl (C=O) groups excluding carboxylic acids is 1. The molecule has 1 N–H and O–H groups in total. The lowest BCUT2D eigenvalue weighted by molar-refractivity contribution is -0.125. The Hall–Kier alpha value is -2.93. The van der Waals surface area contributed by atoms with Gasteiger partial charge in [0.25, 0.3) is 0 Å². The maximum absolute atomic E-state index is 12.8. The Bertz CT molecular complexity index is 900. The van der Waals surface area contributed by atoms with E-state index < -0.39 is 0 Å². The molecule has 3 aliphatic heterocycles. The van der Waals surface area contributed by atoms with Crippen molar-refractivity contribution in [3.05, 3.63) is 47.5 Å². The summed E-state index contributed by atoms with van der Waals surface area (Å²) in [5, 5.41) is 3.07. The van der Waals surface area contributed by atoms with E-state index in [0.29, 0.717) is 6.54 Å². The van der Waals surface area contributed by atoms with E-state index in [2.05, 4.69) is 10.2 Å². The van der Waals surface area contributed by atoms with Gasteiger partial charge < -0.3 is 24.3 Å². The summed E-state index contributed by atoms with van der Waals surface area (Å²) in [6.07, 6.45) is 1.89. The van der Waals surface area contributed by atoms with Crippen LogP contribution in [0, 0.1) is 0 Å². The van der Waals surface area contributed by atoms with Crippen molar-refractivity contribution in [2.75, 3.05) is 20.1 Å². The first-order valence-electron chi connectivity index (χ1n) is 9.55. The molecule has 146 valence electrons. The third-order valence-electron chi connectivity index (χ3n) is 5.39. The molecule has 3 heterocycles. The number of carbonyl (C=O) groups is 1. The minimum Gasteiger partial charge on any atom is -0.454 e. The van der Waals surface area contributed by atoms with Crippen molar-refractivity contribution in [3.63, 3.8) is 0 Å². The molecule has 7 nitrogen and oxygen atoms in total. The molecule has 1 unspecified atom stereocenters. The van der Waals surface area contributed by atoms with Crippen molar-refractivity contribution in [1.29, 1.82) is 0 Å². The van der Waals surface area contributed by atoms with Gasteiger partial charge in [0.1, 0.15) is 0 Å². The van der Waals surface area contributed by atoms with E-state index in [4.69, 9.17) is 18.9 Å². The number of fused-ring (bicyclic) bond motifs is 2. The molecule has 1 fully saturated rings. The van der Waals surface area contributed by atoms with Gasteiger partial charge in [-0.25, -0.2) is 0 Å². The summed E-state index contributed by atoms with van der Waals surface area (Å²) < 4.78 is 21.6. The maximum Gasteiger partial charge on any atom is 0.237 e. The second-order valence-electron chi connectivity index (χ2n) is 7.22. The van der Waals surface area contributed by atoms with E-state index in [1.165, 1.54) is 0 Å². The van der Waals surface area contributed by atoms with Gasteiger partial charge in [0.15, 0.2) is 23.0 Å². The Morgan fingerprint density at radius 1 is 0.929 bits per heavy atom. The number of benzene rings is 2.